The molecule has 0 aliphatic heterocycles. The number of nitrogens with zero attached hydrogens (tertiary/aromatic N) is 1. The summed E-state index contributed by atoms with van der Waals surface area (Å²) < 4.78 is 20.7. The molecule has 0 aliphatic rings. The van der Waals surface area contributed by atoms with E-state index in [9.17, 15) is 9.59 Å². The molecule has 0 aromatic rings. The largest absolute Gasteiger partial charge is 0.500 e. The maximum absolute atomic E-state index is 11.8. The summed E-state index contributed by atoms with van der Waals surface area (Å²) in [6.45, 7) is 4.16. The predicted octanol–water partition coefficient (Wildman–Crippen LogP) is 0.625. The summed E-state index contributed by atoms with van der Waals surface area (Å²) in [7, 11) is 3.76. The summed E-state index contributed by atoms with van der Waals surface area (Å²) in [6.07, 6.45) is 1.77. The van der Waals surface area contributed by atoms with Crippen LogP contribution in [0.15, 0.2) is 12.7 Å². The molecule has 0 radical (unpaired) electrons. The maximum atomic E-state index is 11.8. The van der Waals surface area contributed by atoms with E-state index in [-0.39, 0.29) is 19.2 Å². The van der Waals surface area contributed by atoms with Crippen molar-refractivity contribution < 1.29 is 27.6 Å². The fraction of sp³-hybridized carbons (Fsp3) is 0.692. The van der Waals surface area contributed by atoms with Gasteiger partial charge in [0.05, 0.1) is 6.54 Å². The normalized spacial score (nSPS) is 10.9. The van der Waals surface area contributed by atoms with Crippen molar-refractivity contribution in [1.82, 2.24) is 10.2 Å². The van der Waals surface area contributed by atoms with Crippen LogP contribution in [0.3, 0.4) is 0 Å². The number of carbonyl (C=O) groups is 2. The second-order valence-corrected chi connectivity index (χ2v) is 7.51. The maximum Gasteiger partial charge on any atom is 0.500 e. The van der Waals surface area contributed by atoms with Gasteiger partial charge in [-0.25, -0.2) is 9.59 Å². The van der Waals surface area contributed by atoms with Crippen LogP contribution in [0.4, 0.5) is 4.79 Å². The van der Waals surface area contributed by atoms with Crippen molar-refractivity contribution in [2.24, 2.45) is 0 Å². The molecule has 0 spiro atoms. The summed E-state index contributed by atoms with van der Waals surface area (Å²) >= 11 is 0. The standard InChI is InChI=1S/C13H26N2O6Si/c1-6-12(16)21-10-8-14-13(17)15(2)9-7-11-22(18-3,19-4)20-5/h6H,1,7-11H2,2-5H3,(H,14,17). The van der Waals surface area contributed by atoms with E-state index in [1.807, 2.05) is 0 Å². The summed E-state index contributed by atoms with van der Waals surface area (Å²) in [6, 6.07) is 0.375. The van der Waals surface area contributed by atoms with Gasteiger partial charge in [0, 0.05) is 47.0 Å². The zero-order valence-electron chi connectivity index (χ0n) is 13.7. The molecule has 22 heavy (non-hydrogen) atoms. The van der Waals surface area contributed by atoms with Gasteiger partial charge in [-0.15, -0.1) is 0 Å². The fourth-order valence-corrected chi connectivity index (χ4v) is 3.40. The van der Waals surface area contributed by atoms with Crippen molar-refractivity contribution in [3.8, 4) is 0 Å². The van der Waals surface area contributed by atoms with Gasteiger partial charge in [0.2, 0.25) is 0 Å². The molecule has 1 N–H and O–H groups in total. The van der Waals surface area contributed by atoms with E-state index < -0.39 is 14.8 Å². The minimum Gasteiger partial charge on any atom is -0.461 e. The quantitative estimate of drug-likeness (QED) is 0.258. The van der Waals surface area contributed by atoms with Crippen molar-refractivity contribution in [3.63, 3.8) is 0 Å². The third-order valence-electron chi connectivity index (χ3n) is 3.05. The summed E-state index contributed by atoms with van der Waals surface area (Å²) in [5.41, 5.74) is 0. The van der Waals surface area contributed by atoms with Crippen molar-refractivity contribution in [2.45, 2.75) is 12.5 Å². The lowest BCUT2D eigenvalue weighted by molar-refractivity contribution is -0.137. The lowest BCUT2D eigenvalue weighted by Gasteiger charge is -2.25. The van der Waals surface area contributed by atoms with Gasteiger partial charge in [-0.1, -0.05) is 6.58 Å². The Bertz CT molecular complexity index is 354. The molecule has 0 bridgehead atoms. The van der Waals surface area contributed by atoms with Crippen molar-refractivity contribution in [1.29, 1.82) is 0 Å². The first-order valence-electron chi connectivity index (χ1n) is 6.88. The molecule has 128 valence electrons. The summed E-state index contributed by atoms with van der Waals surface area (Å²) in [5, 5.41) is 2.64. The number of carbonyl (C=O) groups excluding carboxylic acids is 2. The molecule has 0 atom stereocenters. The van der Waals surface area contributed by atoms with Crippen LogP contribution in [0.25, 0.3) is 0 Å². The molecule has 0 fully saturated rings. The van der Waals surface area contributed by atoms with Crippen molar-refractivity contribution >= 4 is 20.8 Å². The van der Waals surface area contributed by atoms with Crippen LogP contribution in [-0.2, 0) is 22.8 Å². The molecule has 0 unspecified atom stereocenters. The Hall–Kier alpha value is -1.42. The number of esters is 1. The Kier molecular flexibility index (Phi) is 10.5. The summed E-state index contributed by atoms with van der Waals surface area (Å²) in [5.74, 6) is -0.511. The molecule has 0 aromatic heterocycles. The number of hydrogen-bond acceptors (Lipinski definition) is 6. The topological polar surface area (TPSA) is 86.3 Å². The van der Waals surface area contributed by atoms with E-state index in [0.717, 1.165) is 6.08 Å². The molecule has 0 saturated carbocycles. The van der Waals surface area contributed by atoms with Gasteiger partial charge in [-0.2, -0.15) is 0 Å². The lowest BCUT2D eigenvalue weighted by Crippen LogP contribution is -2.44. The highest BCUT2D eigenvalue weighted by Gasteiger charge is 2.37. The van der Waals surface area contributed by atoms with Gasteiger partial charge in [-0.05, 0) is 6.42 Å². The van der Waals surface area contributed by atoms with Gasteiger partial charge in [0.1, 0.15) is 6.61 Å². The Labute approximate surface area is 132 Å². The van der Waals surface area contributed by atoms with Crippen LogP contribution in [0, 0.1) is 0 Å². The molecule has 0 rings (SSSR count). The fourth-order valence-electron chi connectivity index (χ4n) is 1.69. The number of rotatable bonds is 11. The molecule has 8 nitrogen and oxygen atoms in total. The first-order chi connectivity index (χ1) is 10.4. The van der Waals surface area contributed by atoms with E-state index in [0.29, 0.717) is 19.0 Å². The second kappa shape index (κ2) is 11.2. The average molecular weight is 334 g/mol. The van der Waals surface area contributed by atoms with Gasteiger partial charge in [0.15, 0.2) is 0 Å². The highest BCUT2D eigenvalue weighted by Crippen LogP contribution is 2.15. The first-order valence-corrected chi connectivity index (χ1v) is 8.81. The van der Waals surface area contributed by atoms with Crippen LogP contribution in [-0.4, -0.2) is 73.8 Å². The first kappa shape index (κ1) is 20.6. The van der Waals surface area contributed by atoms with Gasteiger partial charge < -0.3 is 28.2 Å². The van der Waals surface area contributed by atoms with Crippen LogP contribution in [0.1, 0.15) is 6.42 Å². The zero-order chi connectivity index (χ0) is 17.0. The predicted molar refractivity (Wildman–Crippen MR) is 83.4 cm³/mol. The molecule has 0 aromatic carbocycles. The Balaban J connectivity index is 3.96. The third-order valence-corrected chi connectivity index (χ3v) is 5.88. The number of ether oxygens (including phenoxy) is 1. The van der Waals surface area contributed by atoms with Crippen LogP contribution >= 0.6 is 0 Å². The highest BCUT2D eigenvalue weighted by molar-refractivity contribution is 6.60. The smallest absolute Gasteiger partial charge is 0.461 e. The average Bonchev–Trinajstić information content (AvgIpc) is 2.55. The molecule has 0 heterocycles. The van der Waals surface area contributed by atoms with Crippen LogP contribution in [0.5, 0.6) is 0 Å². The Morgan fingerprint density at radius 2 is 1.82 bits per heavy atom. The lowest BCUT2D eigenvalue weighted by atomic mass is 10.4. The number of amides is 2. The monoisotopic (exact) mass is 334 g/mol. The van der Waals surface area contributed by atoms with Crippen LogP contribution < -0.4 is 5.32 Å². The van der Waals surface area contributed by atoms with E-state index in [1.165, 1.54) is 4.90 Å². The second-order valence-electron chi connectivity index (χ2n) is 4.42. The van der Waals surface area contributed by atoms with E-state index in [4.69, 9.17) is 18.0 Å². The third kappa shape index (κ3) is 7.55. The molecular weight excluding hydrogens is 308 g/mol. The van der Waals surface area contributed by atoms with E-state index in [1.54, 1.807) is 28.4 Å². The molecule has 2 amide bonds. The van der Waals surface area contributed by atoms with Gasteiger partial charge >= 0.3 is 20.8 Å². The van der Waals surface area contributed by atoms with Gasteiger partial charge in [-0.3, -0.25) is 0 Å². The molecule has 0 saturated heterocycles. The zero-order valence-corrected chi connectivity index (χ0v) is 14.7. The minimum atomic E-state index is -2.59. The Morgan fingerprint density at radius 3 is 2.32 bits per heavy atom. The van der Waals surface area contributed by atoms with Gasteiger partial charge in [0.25, 0.3) is 0 Å². The Morgan fingerprint density at radius 1 is 1.23 bits per heavy atom. The van der Waals surface area contributed by atoms with Crippen LogP contribution in [0.2, 0.25) is 6.04 Å². The number of nitrogens with one attached hydrogen (secondary N) is 1. The van der Waals surface area contributed by atoms with E-state index in [2.05, 4.69) is 11.9 Å². The highest BCUT2D eigenvalue weighted by atomic mass is 28.4. The SMILES string of the molecule is C=CC(=O)OCCNC(=O)N(C)CCC[Si](OC)(OC)OC. The number of urea groups is 1. The molecule has 9 heteroatoms. The number of hydrogen-bond donors (Lipinski definition) is 1. The summed E-state index contributed by atoms with van der Waals surface area (Å²) in [4.78, 5) is 24.1. The minimum absolute atomic E-state index is 0.109. The molecule has 0 aliphatic carbocycles. The van der Waals surface area contributed by atoms with E-state index >= 15 is 0 Å². The van der Waals surface area contributed by atoms with Crippen molar-refractivity contribution in [2.75, 3.05) is 48.1 Å². The molecular formula is C13H26N2O6Si. The van der Waals surface area contributed by atoms with Crippen molar-refractivity contribution in [3.05, 3.63) is 12.7 Å².